The molecule has 3 aromatic rings. The number of rotatable bonds is 11. The molecule has 3 fully saturated rings. The van der Waals surface area contributed by atoms with Crippen LogP contribution in [0.4, 0.5) is 14.6 Å². The first kappa shape index (κ1) is 27.7. The molecule has 0 bridgehead atoms. The van der Waals surface area contributed by atoms with Crippen LogP contribution in [0.2, 0.25) is 0 Å². The lowest BCUT2D eigenvalue weighted by Gasteiger charge is -2.23. The Morgan fingerprint density at radius 1 is 1.18 bits per heavy atom. The molecule has 2 saturated carbocycles. The third kappa shape index (κ3) is 5.54. The summed E-state index contributed by atoms with van der Waals surface area (Å²) in [5.74, 6) is -0.873. The van der Waals surface area contributed by atoms with Gasteiger partial charge in [0.1, 0.15) is 6.10 Å². The van der Waals surface area contributed by atoms with Crippen molar-refractivity contribution < 1.29 is 28.1 Å². The molecule has 13 heteroatoms. The van der Waals surface area contributed by atoms with Crippen LogP contribution >= 0.6 is 11.8 Å². The maximum Gasteiger partial charge on any atom is 0.191 e. The van der Waals surface area contributed by atoms with Crippen LogP contribution in [0, 0.1) is 17.6 Å². The Hall–Kier alpha value is -2.45. The van der Waals surface area contributed by atoms with Gasteiger partial charge in [-0.05, 0) is 50.8 Å². The summed E-state index contributed by atoms with van der Waals surface area (Å²) in [5, 5.41) is 22.2. The van der Waals surface area contributed by atoms with Crippen LogP contribution in [-0.4, -0.2) is 79.2 Å². The molecule has 1 saturated heterocycles. The lowest BCUT2D eigenvalue weighted by Crippen LogP contribution is -2.31. The molecular weight excluding hydrogens is 542 g/mol. The van der Waals surface area contributed by atoms with E-state index in [4.69, 9.17) is 24.2 Å². The average Bonchev–Trinajstić information content (AvgIpc) is 3.29. The van der Waals surface area contributed by atoms with Crippen molar-refractivity contribution in [3.05, 3.63) is 35.4 Å². The minimum Gasteiger partial charge on any atom is -0.394 e. The van der Waals surface area contributed by atoms with E-state index in [9.17, 15) is 13.9 Å². The van der Waals surface area contributed by atoms with Gasteiger partial charge in [0, 0.05) is 23.6 Å². The summed E-state index contributed by atoms with van der Waals surface area (Å²) in [6.07, 6.45) is 1.83. The molecule has 1 aliphatic heterocycles. The zero-order valence-corrected chi connectivity index (χ0v) is 23.5. The molecule has 0 radical (unpaired) electrons. The van der Waals surface area contributed by atoms with E-state index in [1.165, 1.54) is 12.1 Å². The zero-order valence-electron chi connectivity index (χ0n) is 22.7. The second-order valence-corrected chi connectivity index (χ2v) is 12.2. The highest BCUT2D eigenvalue weighted by atomic mass is 32.2. The number of hydrogen-bond acceptors (Lipinski definition) is 10. The van der Waals surface area contributed by atoms with Crippen LogP contribution in [0.15, 0.2) is 23.4 Å². The smallest absolute Gasteiger partial charge is 0.191 e. The van der Waals surface area contributed by atoms with E-state index < -0.39 is 17.4 Å². The molecule has 2 N–H and O–H groups in total. The molecular formula is C27H34F2N6O4S. The largest absolute Gasteiger partial charge is 0.394 e. The molecule has 3 heterocycles. The number of benzene rings is 1. The van der Waals surface area contributed by atoms with Gasteiger partial charge in [-0.3, -0.25) is 0 Å². The van der Waals surface area contributed by atoms with E-state index in [0.29, 0.717) is 35.1 Å². The van der Waals surface area contributed by atoms with Gasteiger partial charge >= 0.3 is 0 Å². The highest BCUT2D eigenvalue weighted by Gasteiger charge is 2.54. The third-order valence-corrected chi connectivity index (χ3v) is 8.68. The lowest BCUT2D eigenvalue weighted by molar-refractivity contribution is -0.172. The Balaban J connectivity index is 1.25. The summed E-state index contributed by atoms with van der Waals surface area (Å²) in [6.45, 7) is 6.58. The second kappa shape index (κ2) is 11.1. The minimum atomic E-state index is -0.849. The van der Waals surface area contributed by atoms with Crippen LogP contribution in [0.1, 0.15) is 51.5 Å². The van der Waals surface area contributed by atoms with Crippen molar-refractivity contribution in [1.29, 1.82) is 0 Å². The number of aliphatic hydroxyl groups is 1. The quantitative estimate of drug-likeness (QED) is 0.257. The molecule has 3 aliphatic rings. The molecule has 40 heavy (non-hydrogen) atoms. The Kier molecular flexibility index (Phi) is 7.68. The Bertz CT molecular complexity index is 1380. The first-order valence-electron chi connectivity index (χ1n) is 13.8. The molecule has 0 spiro atoms. The number of anilines is 1. The number of fused-ring (bicyclic) bond motifs is 2. The number of halogens is 2. The first-order chi connectivity index (χ1) is 19.3. The van der Waals surface area contributed by atoms with Crippen LogP contribution in [0.3, 0.4) is 0 Å². The lowest BCUT2D eigenvalue weighted by atomic mass is 10.1. The van der Waals surface area contributed by atoms with E-state index in [1.807, 2.05) is 13.8 Å². The molecule has 1 aromatic carbocycles. The highest BCUT2D eigenvalue weighted by Crippen LogP contribution is 2.45. The molecule has 0 amide bonds. The summed E-state index contributed by atoms with van der Waals surface area (Å²) in [4.78, 5) is 9.55. The predicted molar refractivity (Wildman–Crippen MR) is 144 cm³/mol. The zero-order chi connectivity index (χ0) is 28.0. The van der Waals surface area contributed by atoms with Crippen molar-refractivity contribution >= 4 is 28.7 Å². The van der Waals surface area contributed by atoms with E-state index in [2.05, 4.69) is 22.6 Å². The maximum atomic E-state index is 13.8. The van der Waals surface area contributed by atoms with Crippen molar-refractivity contribution in [2.24, 2.45) is 5.92 Å². The van der Waals surface area contributed by atoms with Gasteiger partial charge in [0.15, 0.2) is 39.6 Å². The topological polar surface area (TPSA) is 116 Å². The molecule has 10 nitrogen and oxygen atoms in total. The number of nitrogens with zero attached hydrogens (tertiary/aromatic N) is 5. The summed E-state index contributed by atoms with van der Waals surface area (Å²) in [5.41, 5.74) is 1.93. The van der Waals surface area contributed by atoms with Crippen molar-refractivity contribution in [2.75, 3.05) is 24.3 Å². The number of ether oxygens (including phenoxy) is 3. The summed E-state index contributed by atoms with van der Waals surface area (Å²) < 4.78 is 47.3. The SMILES string of the molecule is CCCSc1nc(N[C@@H]2CC2c2ccc(F)c(F)c2)c2nnn(CC3C[C@H](OCCO)[C@H]4OC(C)(C)O[C@@H]34)c2n1. The Labute approximate surface area is 235 Å². The second-order valence-electron chi connectivity index (χ2n) is 11.1. The van der Waals surface area contributed by atoms with Crippen molar-refractivity contribution in [1.82, 2.24) is 25.0 Å². The molecule has 2 aliphatic carbocycles. The number of aromatic nitrogens is 5. The molecule has 6 rings (SSSR count). The number of hydrogen-bond donors (Lipinski definition) is 2. The minimum absolute atomic E-state index is 0.0171. The molecule has 6 atom stereocenters. The maximum absolute atomic E-state index is 13.8. The fourth-order valence-corrected chi connectivity index (χ4v) is 6.46. The van der Waals surface area contributed by atoms with Crippen LogP contribution in [-0.2, 0) is 20.8 Å². The summed E-state index contributed by atoms with van der Waals surface area (Å²) >= 11 is 1.57. The van der Waals surface area contributed by atoms with Crippen molar-refractivity contribution in [2.45, 2.75) is 87.8 Å². The van der Waals surface area contributed by atoms with Gasteiger partial charge in [0.2, 0.25) is 0 Å². The summed E-state index contributed by atoms with van der Waals surface area (Å²) in [6, 6.07) is 4.07. The van der Waals surface area contributed by atoms with Gasteiger partial charge in [0.05, 0.1) is 32.0 Å². The van der Waals surface area contributed by atoms with E-state index >= 15 is 0 Å². The van der Waals surface area contributed by atoms with Crippen LogP contribution < -0.4 is 5.32 Å². The molecule has 2 unspecified atom stereocenters. The number of aliphatic hydroxyl groups excluding tert-OH is 1. The molecule has 2 aromatic heterocycles. The first-order valence-corrected chi connectivity index (χ1v) is 14.8. The fraction of sp³-hybridized carbons (Fsp3) is 0.630. The van der Waals surface area contributed by atoms with E-state index in [1.54, 1.807) is 22.5 Å². The van der Waals surface area contributed by atoms with Crippen LogP contribution in [0.25, 0.3) is 11.2 Å². The van der Waals surface area contributed by atoms with Gasteiger partial charge in [-0.25, -0.2) is 23.4 Å². The van der Waals surface area contributed by atoms with E-state index in [-0.39, 0.29) is 49.4 Å². The Morgan fingerprint density at radius 3 is 2.77 bits per heavy atom. The number of nitrogens with one attached hydrogen (secondary N) is 1. The average molecular weight is 577 g/mol. The fourth-order valence-electron chi connectivity index (χ4n) is 5.76. The van der Waals surface area contributed by atoms with Crippen LogP contribution in [0.5, 0.6) is 0 Å². The monoisotopic (exact) mass is 576 g/mol. The van der Waals surface area contributed by atoms with Gasteiger partial charge in [-0.1, -0.05) is 30.0 Å². The van der Waals surface area contributed by atoms with E-state index in [0.717, 1.165) is 24.2 Å². The number of thioether (sulfide) groups is 1. The van der Waals surface area contributed by atoms with Gasteiger partial charge in [0.25, 0.3) is 0 Å². The summed E-state index contributed by atoms with van der Waals surface area (Å²) in [7, 11) is 0. The normalized spacial score (nSPS) is 28.8. The third-order valence-electron chi connectivity index (χ3n) is 7.62. The van der Waals surface area contributed by atoms with Gasteiger partial charge in [-0.15, -0.1) is 5.10 Å². The van der Waals surface area contributed by atoms with Crippen molar-refractivity contribution in [3.63, 3.8) is 0 Å². The molecule has 216 valence electrons. The van der Waals surface area contributed by atoms with Crippen molar-refractivity contribution in [3.8, 4) is 0 Å². The highest BCUT2D eigenvalue weighted by molar-refractivity contribution is 7.99. The standard InChI is InChI=1S/C27H34F2N6O4S/c1-4-9-40-26-31-24(30-19-12-16(19)14-5-6-17(28)18(29)10-14)21-25(32-26)35(34-33-21)13-15-11-20(37-8-7-36)23-22(15)38-27(2,3)39-23/h5-6,10,15-16,19-20,22-23,36H,4,7-9,11-13H2,1-3H3,(H,30,31,32)/t15?,16?,19-,20+,22+,23-/m1/s1. The Morgan fingerprint density at radius 2 is 2.00 bits per heavy atom. The van der Waals surface area contributed by atoms with Gasteiger partial charge < -0.3 is 24.6 Å². The van der Waals surface area contributed by atoms with Gasteiger partial charge in [-0.2, -0.15) is 0 Å². The predicted octanol–water partition coefficient (Wildman–Crippen LogP) is 3.89.